The molecule has 0 spiro atoms. The molecule has 0 unspecified atom stereocenters. The first-order valence-electron chi connectivity index (χ1n) is 5.45. The third-order valence-electron chi connectivity index (χ3n) is 3.34. The summed E-state index contributed by atoms with van der Waals surface area (Å²) in [5.74, 6) is 2.29. The molecular weight excluding hydrogens is 132 g/mol. The molecule has 2 fully saturated rings. The van der Waals surface area contributed by atoms with Crippen molar-refractivity contribution < 1.29 is 0 Å². The van der Waals surface area contributed by atoms with Gasteiger partial charge in [-0.3, -0.25) is 0 Å². The predicted octanol–water partition coefficient (Wildman–Crippen LogP) is 3.76. The van der Waals surface area contributed by atoms with E-state index in [1.54, 1.807) is 32.1 Å². The van der Waals surface area contributed by atoms with Gasteiger partial charge in [0.1, 0.15) is 0 Å². The maximum atomic E-state index is 1.58. The van der Waals surface area contributed by atoms with Crippen LogP contribution in [0.3, 0.4) is 0 Å². The average molecular weight is 152 g/mol. The van der Waals surface area contributed by atoms with Gasteiger partial charge in [0.15, 0.2) is 0 Å². The predicted molar refractivity (Wildman–Crippen MR) is 48.5 cm³/mol. The lowest BCUT2D eigenvalue weighted by Crippen LogP contribution is -1.99. The molecule has 0 aromatic heterocycles. The van der Waals surface area contributed by atoms with Crippen LogP contribution >= 0.6 is 0 Å². The van der Waals surface area contributed by atoms with E-state index in [1.807, 2.05) is 0 Å². The van der Waals surface area contributed by atoms with Gasteiger partial charge in [-0.2, -0.15) is 0 Å². The van der Waals surface area contributed by atoms with Crippen LogP contribution in [0, 0.1) is 11.8 Å². The molecule has 0 heteroatoms. The molecule has 2 rings (SSSR count). The molecule has 0 aromatic rings. The van der Waals surface area contributed by atoms with Gasteiger partial charge in [-0.25, -0.2) is 0 Å². The highest BCUT2D eigenvalue weighted by atomic mass is 14.3. The van der Waals surface area contributed by atoms with E-state index in [2.05, 4.69) is 0 Å². The van der Waals surface area contributed by atoms with Crippen molar-refractivity contribution in [1.29, 1.82) is 0 Å². The molecule has 2 saturated carbocycles. The van der Waals surface area contributed by atoms with Crippen molar-refractivity contribution >= 4 is 0 Å². The molecule has 0 bridgehead atoms. The minimum Gasteiger partial charge on any atom is -0.0533 e. The Kier molecular flexibility index (Phi) is 2.50. The lowest BCUT2D eigenvalue weighted by molar-refractivity contribution is 0.405. The van der Waals surface area contributed by atoms with Crippen molar-refractivity contribution in [2.24, 2.45) is 11.8 Å². The van der Waals surface area contributed by atoms with Crippen LogP contribution in [0.5, 0.6) is 0 Å². The summed E-state index contributed by atoms with van der Waals surface area (Å²) in [5.41, 5.74) is 0. The molecule has 0 aromatic carbocycles. The molecule has 11 heavy (non-hydrogen) atoms. The van der Waals surface area contributed by atoms with E-state index in [9.17, 15) is 0 Å². The first-order valence-corrected chi connectivity index (χ1v) is 5.45. The van der Waals surface area contributed by atoms with E-state index < -0.39 is 0 Å². The Hall–Kier alpha value is 0. The van der Waals surface area contributed by atoms with E-state index in [0.717, 1.165) is 11.8 Å². The van der Waals surface area contributed by atoms with Crippen LogP contribution < -0.4 is 0 Å². The van der Waals surface area contributed by atoms with Crippen LogP contribution in [0.1, 0.15) is 57.8 Å². The Balaban J connectivity index is 1.71. The molecule has 0 nitrogen and oxygen atoms in total. The number of hydrogen-bond acceptors (Lipinski definition) is 0. The normalized spacial score (nSPS) is 28.4. The van der Waals surface area contributed by atoms with Gasteiger partial charge in [0, 0.05) is 0 Å². The molecule has 0 heterocycles. The summed E-state index contributed by atoms with van der Waals surface area (Å²) in [7, 11) is 0. The molecule has 0 saturated heterocycles. The lowest BCUT2D eigenvalue weighted by Gasteiger charge is -2.11. The van der Waals surface area contributed by atoms with Crippen molar-refractivity contribution in [1.82, 2.24) is 0 Å². The quantitative estimate of drug-likeness (QED) is 0.528. The Labute approximate surface area is 70.4 Å². The van der Waals surface area contributed by atoms with Crippen molar-refractivity contribution in [2.75, 3.05) is 0 Å². The van der Waals surface area contributed by atoms with E-state index in [-0.39, 0.29) is 0 Å². The van der Waals surface area contributed by atoms with Crippen molar-refractivity contribution in [2.45, 2.75) is 57.8 Å². The third kappa shape index (κ3) is 2.50. The minimum atomic E-state index is 1.13. The zero-order chi connectivity index (χ0) is 7.52. The summed E-state index contributed by atoms with van der Waals surface area (Å²) in [6, 6.07) is 0. The molecule has 0 amide bonds. The first-order chi connectivity index (χ1) is 5.45. The highest BCUT2D eigenvalue weighted by Gasteiger charge is 2.25. The first kappa shape index (κ1) is 7.64. The molecule has 0 aliphatic heterocycles. The summed E-state index contributed by atoms with van der Waals surface area (Å²) < 4.78 is 0. The molecule has 2 aliphatic carbocycles. The van der Waals surface area contributed by atoms with Crippen LogP contribution in [0.15, 0.2) is 0 Å². The SMILES string of the molecule is C1CCCC(CC2CC2)CC1. The Morgan fingerprint density at radius 3 is 1.73 bits per heavy atom. The maximum absolute atomic E-state index is 1.58. The molecule has 0 radical (unpaired) electrons. The Bertz CT molecular complexity index is 105. The van der Waals surface area contributed by atoms with Crippen LogP contribution in [-0.2, 0) is 0 Å². The third-order valence-corrected chi connectivity index (χ3v) is 3.34. The van der Waals surface area contributed by atoms with Crippen molar-refractivity contribution in [3.63, 3.8) is 0 Å². The molecule has 2 aliphatic rings. The molecular formula is C11H20. The zero-order valence-corrected chi connectivity index (χ0v) is 7.52. The Morgan fingerprint density at radius 2 is 1.18 bits per heavy atom. The van der Waals surface area contributed by atoms with E-state index in [4.69, 9.17) is 0 Å². The zero-order valence-electron chi connectivity index (χ0n) is 7.52. The van der Waals surface area contributed by atoms with E-state index in [0.29, 0.717) is 0 Å². The summed E-state index contributed by atoms with van der Waals surface area (Å²) in [6.45, 7) is 0. The van der Waals surface area contributed by atoms with E-state index >= 15 is 0 Å². The fraction of sp³-hybridized carbons (Fsp3) is 1.00. The van der Waals surface area contributed by atoms with Crippen LogP contribution in [0.4, 0.5) is 0 Å². The molecule has 64 valence electrons. The van der Waals surface area contributed by atoms with Gasteiger partial charge < -0.3 is 0 Å². The van der Waals surface area contributed by atoms with E-state index in [1.165, 1.54) is 25.7 Å². The van der Waals surface area contributed by atoms with Crippen molar-refractivity contribution in [3.8, 4) is 0 Å². The summed E-state index contributed by atoms with van der Waals surface area (Å²) >= 11 is 0. The largest absolute Gasteiger partial charge is 0.0533 e. The summed E-state index contributed by atoms with van der Waals surface area (Å²) in [6.07, 6.45) is 13.9. The molecule has 0 atom stereocenters. The monoisotopic (exact) mass is 152 g/mol. The van der Waals surface area contributed by atoms with Gasteiger partial charge >= 0.3 is 0 Å². The van der Waals surface area contributed by atoms with Gasteiger partial charge in [-0.15, -0.1) is 0 Å². The second-order valence-corrected chi connectivity index (χ2v) is 4.54. The average Bonchev–Trinajstić information content (AvgIpc) is 2.77. The number of hydrogen-bond donors (Lipinski definition) is 0. The standard InChI is InChI=1S/C11H20/c1-2-4-6-10(5-3-1)9-11-7-8-11/h10-11H,1-9H2. The van der Waals surface area contributed by atoms with Crippen LogP contribution in [0.25, 0.3) is 0 Å². The van der Waals surface area contributed by atoms with Gasteiger partial charge in [-0.1, -0.05) is 51.4 Å². The van der Waals surface area contributed by atoms with Gasteiger partial charge in [0.2, 0.25) is 0 Å². The summed E-state index contributed by atoms with van der Waals surface area (Å²) in [4.78, 5) is 0. The van der Waals surface area contributed by atoms with Gasteiger partial charge in [0.05, 0.1) is 0 Å². The van der Waals surface area contributed by atoms with Gasteiger partial charge in [-0.05, 0) is 18.3 Å². The topological polar surface area (TPSA) is 0 Å². The highest BCUT2D eigenvalue weighted by Crippen LogP contribution is 2.39. The smallest absolute Gasteiger partial charge is 0.0411 e. The summed E-state index contributed by atoms with van der Waals surface area (Å²) in [5, 5.41) is 0. The second-order valence-electron chi connectivity index (χ2n) is 4.54. The fourth-order valence-corrected chi connectivity index (χ4v) is 2.42. The highest BCUT2D eigenvalue weighted by molar-refractivity contribution is 4.77. The maximum Gasteiger partial charge on any atom is -0.0411 e. The van der Waals surface area contributed by atoms with Gasteiger partial charge in [0.25, 0.3) is 0 Å². The molecule has 0 N–H and O–H groups in total. The van der Waals surface area contributed by atoms with Crippen molar-refractivity contribution in [3.05, 3.63) is 0 Å². The number of rotatable bonds is 2. The fourth-order valence-electron chi connectivity index (χ4n) is 2.42. The van der Waals surface area contributed by atoms with Crippen LogP contribution in [0.2, 0.25) is 0 Å². The second kappa shape index (κ2) is 3.60. The Morgan fingerprint density at radius 1 is 0.636 bits per heavy atom. The minimum absolute atomic E-state index is 1.13. The van der Waals surface area contributed by atoms with Crippen LogP contribution in [-0.4, -0.2) is 0 Å². The lowest BCUT2D eigenvalue weighted by atomic mass is 9.94.